The summed E-state index contributed by atoms with van der Waals surface area (Å²) in [5, 5.41) is 4.85. The highest BCUT2D eigenvalue weighted by Crippen LogP contribution is 2.31. The number of carbonyl (C=O) groups excluding carboxylic acids is 2. The van der Waals surface area contributed by atoms with Crippen molar-refractivity contribution >= 4 is 38.9 Å². The summed E-state index contributed by atoms with van der Waals surface area (Å²) >= 11 is 1.39. The van der Waals surface area contributed by atoms with Gasteiger partial charge in [0.2, 0.25) is 15.9 Å². The predicted octanol–water partition coefficient (Wildman–Crippen LogP) is 2.24. The van der Waals surface area contributed by atoms with Crippen LogP contribution in [0.5, 0.6) is 0 Å². The third-order valence-corrected chi connectivity index (χ3v) is 8.26. The molecule has 0 bridgehead atoms. The largest absolute Gasteiger partial charge is 0.349 e. The van der Waals surface area contributed by atoms with Gasteiger partial charge in [0.1, 0.15) is 0 Å². The molecule has 0 saturated carbocycles. The molecule has 7 nitrogen and oxygen atoms in total. The lowest BCUT2D eigenvalue weighted by Gasteiger charge is -2.31. The lowest BCUT2D eigenvalue weighted by atomic mass is 10.1. The van der Waals surface area contributed by atoms with Gasteiger partial charge in [-0.1, -0.05) is 6.07 Å². The zero-order valence-electron chi connectivity index (χ0n) is 16.1. The second-order valence-electron chi connectivity index (χ2n) is 7.34. The Balaban J connectivity index is 1.42. The van der Waals surface area contributed by atoms with E-state index in [9.17, 15) is 18.0 Å². The zero-order valence-corrected chi connectivity index (χ0v) is 17.8. The highest BCUT2D eigenvalue weighted by molar-refractivity contribution is 7.89. The van der Waals surface area contributed by atoms with Crippen LogP contribution < -0.4 is 10.2 Å². The van der Waals surface area contributed by atoms with Crippen molar-refractivity contribution < 1.29 is 18.0 Å². The number of rotatable bonds is 4. The number of nitrogens with one attached hydrogen (secondary N) is 1. The Bertz CT molecular complexity index is 1030. The standard InChI is InChI=1S/C20H23N3O4S2/c1-14(24)23-11-6-15-13-17(4-5-18(15)23)29(26,27)22-9-7-16(8-10-22)21-20(25)19-3-2-12-28-19/h2-5,12-13,16H,6-11H2,1H3,(H,21,25). The molecule has 4 rings (SSSR count). The quantitative estimate of drug-likeness (QED) is 0.801. The smallest absolute Gasteiger partial charge is 0.261 e. The zero-order chi connectivity index (χ0) is 20.6. The van der Waals surface area contributed by atoms with Gasteiger partial charge in [0.05, 0.1) is 9.77 Å². The van der Waals surface area contributed by atoms with E-state index >= 15 is 0 Å². The summed E-state index contributed by atoms with van der Waals surface area (Å²) < 4.78 is 27.6. The lowest BCUT2D eigenvalue weighted by molar-refractivity contribution is -0.116. The van der Waals surface area contributed by atoms with Gasteiger partial charge in [-0.3, -0.25) is 9.59 Å². The Morgan fingerprint density at radius 1 is 1.14 bits per heavy atom. The van der Waals surface area contributed by atoms with E-state index in [-0.39, 0.29) is 22.8 Å². The first-order chi connectivity index (χ1) is 13.9. The second kappa shape index (κ2) is 7.89. The fraction of sp³-hybridized carbons (Fsp3) is 0.400. The highest BCUT2D eigenvalue weighted by Gasteiger charge is 2.32. The molecule has 1 saturated heterocycles. The summed E-state index contributed by atoms with van der Waals surface area (Å²) in [6, 6.07) is 8.59. The number of fused-ring (bicyclic) bond motifs is 1. The van der Waals surface area contributed by atoms with Crippen LogP contribution in [0.25, 0.3) is 0 Å². The van der Waals surface area contributed by atoms with Crippen LogP contribution in [0.1, 0.15) is 35.0 Å². The molecule has 9 heteroatoms. The molecule has 29 heavy (non-hydrogen) atoms. The molecular weight excluding hydrogens is 410 g/mol. The molecule has 0 unspecified atom stereocenters. The topological polar surface area (TPSA) is 86.8 Å². The van der Waals surface area contributed by atoms with Crippen LogP contribution in [0.3, 0.4) is 0 Å². The van der Waals surface area contributed by atoms with Gasteiger partial charge >= 0.3 is 0 Å². The molecule has 2 aromatic rings. The first-order valence-electron chi connectivity index (χ1n) is 9.62. The van der Waals surface area contributed by atoms with Gasteiger partial charge in [-0.05, 0) is 54.5 Å². The van der Waals surface area contributed by atoms with Gasteiger partial charge in [0.15, 0.2) is 0 Å². The van der Waals surface area contributed by atoms with E-state index in [4.69, 9.17) is 0 Å². The van der Waals surface area contributed by atoms with Crippen LogP contribution in [0, 0.1) is 0 Å². The monoisotopic (exact) mass is 433 g/mol. The van der Waals surface area contributed by atoms with E-state index in [0.717, 1.165) is 11.3 Å². The summed E-state index contributed by atoms with van der Waals surface area (Å²) in [5.41, 5.74) is 1.69. The molecule has 1 aromatic heterocycles. The van der Waals surface area contributed by atoms with Crippen molar-refractivity contribution in [2.24, 2.45) is 0 Å². The lowest BCUT2D eigenvalue weighted by Crippen LogP contribution is -2.46. The van der Waals surface area contributed by atoms with Crippen LogP contribution >= 0.6 is 11.3 Å². The van der Waals surface area contributed by atoms with Crippen molar-refractivity contribution in [2.75, 3.05) is 24.5 Å². The van der Waals surface area contributed by atoms with Crippen LogP contribution in [0.15, 0.2) is 40.6 Å². The summed E-state index contributed by atoms with van der Waals surface area (Å²) in [7, 11) is -3.60. The Morgan fingerprint density at radius 3 is 2.55 bits per heavy atom. The molecular formula is C20H23N3O4S2. The van der Waals surface area contributed by atoms with Gasteiger partial charge in [-0.2, -0.15) is 4.31 Å². The van der Waals surface area contributed by atoms with Gasteiger partial charge in [-0.25, -0.2) is 8.42 Å². The minimum absolute atomic E-state index is 0.0276. The maximum absolute atomic E-state index is 13.1. The van der Waals surface area contributed by atoms with Crippen LogP contribution in [0.4, 0.5) is 5.69 Å². The van der Waals surface area contributed by atoms with Gasteiger partial charge in [0, 0.05) is 38.3 Å². The maximum atomic E-state index is 13.1. The molecule has 3 heterocycles. The number of sulfonamides is 1. The molecule has 2 aliphatic heterocycles. The third-order valence-electron chi connectivity index (χ3n) is 5.50. The Labute approximate surface area is 174 Å². The maximum Gasteiger partial charge on any atom is 0.261 e. The fourth-order valence-corrected chi connectivity index (χ4v) is 6.07. The molecule has 2 amide bonds. The number of piperidine rings is 1. The normalized spacial score (nSPS) is 17.9. The number of thiophene rings is 1. The minimum atomic E-state index is -3.60. The first kappa shape index (κ1) is 20.1. The van der Waals surface area contributed by atoms with E-state index < -0.39 is 10.0 Å². The van der Waals surface area contributed by atoms with E-state index in [1.165, 1.54) is 22.6 Å². The van der Waals surface area contributed by atoms with Crippen LogP contribution in [-0.2, 0) is 21.2 Å². The number of hydrogen-bond acceptors (Lipinski definition) is 5. The SMILES string of the molecule is CC(=O)N1CCc2cc(S(=O)(=O)N3CCC(NC(=O)c4cccs4)CC3)ccc21. The number of amides is 2. The van der Waals surface area contributed by atoms with Gasteiger partial charge in [0.25, 0.3) is 5.91 Å². The van der Waals surface area contributed by atoms with Crippen molar-refractivity contribution in [3.8, 4) is 0 Å². The second-order valence-corrected chi connectivity index (χ2v) is 10.2. The molecule has 0 radical (unpaired) electrons. The van der Waals surface area contributed by atoms with Crippen molar-refractivity contribution in [1.82, 2.24) is 9.62 Å². The molecule has 0 spiro atoms. The predicted molar refractivity (Wildman–Crippen MR) is 112 cm³/mol. The summed E-state index contributed by atoms with van der Waals surface area (Å²) in [6.07, 6.45) is 1.83. The van der Waals surface area contributed by atoms with Crippen LogP contribution in [0.2, 0.25) is 0 Å². The highest BCUT2D eigenvalue weighted by atomic mass is 32.2. The van der Waals surface area contributed by atoms with Crippen molar-refractivity contribution in [2.45, 2.75) is 37.1 Å². The van der Waals surface area contributed by atoms with Crippen LogP contribution in [-0.4, -0.2) is 50.2 Å². The average molecular weight is 434 g/mol. The number of benzene rings is 1. The Hall–Kier alpha value is -2.23. The van der Waals surface area contributed by atoms with E-state index in [0.29, 0.717) is 43.8 Å². The Kier molecular flexibility index (Phi) is 5.46. The molecule has 1 aromatic carbocycles. The van der Waals surface area contributed by atoms with Crippen molar-refractivity contribution in [3.05, 3.63) is 46.2 Å². The summed E-state index contributed by atoms with van der Waals surface area (Å²) in [6.45, 7) is 2.84. The number of anilines is 1. The minimum Gasteiger partial charge on any atom is -0.349 e. The molecule has 2 aliphatic rings. The van der Waals surface area contributed by atoms with Gasteiger partial charge in [-0.15, -0.1) is 11.3 Å². The third kappa shape index (κ3) is 3.94. The Morgan fingerprint density at radius 2 is 1.90 bits per heavy atom. The van der Waals surface area contributed by atoms with E-state index in [2.05, 4.69) is 5.32 Å². The molecule has 0 aliphatic carbocycles. The number of carbonyl (C=O) groups is 2. The van der Waals surface area contributed by atoms with Crippen molar-refractivity contribution in [3.63, 3.8) is 0 Å². The number of nitrogens with zero attached hydrogens (tertiary/aromatic N) is 2. The van der Waals surface area contributed by atoms with Gasteiger partial charge < -0.3 is 10.2 Å². The number of hydrogen-bond donors (Lipinski definition) is 1. The van der Waals surface area contributed by atoms with Crippen molar-refractivity contribution in [1.29, 1.82) is 0 Å². The molecule has 1 fully saturated rings. The fourth-order valence-electron chi connectivity index (χ4n) is 3.92. The van der Waals surface area contributed by atoms with E-state index in [1.54, 1.807) is 29.2 Å². The first-order valence-corrected chi connectivity index (χ1v) is 11.9. The van der Waals surface area contributed by atoms with E-state index in [1.807, 2.05) is 11.4 Å². The average Bonchev–Trinajstić information content (AvgIpc) is 3.38. The molecule has 154 valence electrons. The summed E-state index contributed by atoms with van der Waals surface area (Å²) in [5.74, 6) is -0.138. The molecule has 1 N–H and O–H groups in total. The summed E-state index contributed by atoms with van der Waals surface area (Å²) in [4.78, 5) is 26.5. The molecule has 0 atom stereocenters.